The Morgan fingerprint density at radius 2 is 1.84 bits per heavy atom. The molecule has 0 bridgehead atoms. The molecule has 0 radical (unpaired) electrons. The third-order valence-electron chi connectivity index (χ3n) is 6.62. The smallest absolute Gasteiger partial charge is 0.226 e. The van der Waals surface area contributed by atoms with Crippen molar-refractivity contribution in [3.8, 4) is 11.4 Å². The Morgan fingerprint density at radius 1 is 1.05 bits per heavy atom. The third-order valence-corrected chi connectivity index (χ3v) is 6.98. The van der Waals surface area contributed by atoms with E-state index >= 15 is 0 Å². The highest BCUT2D eigenvalue weighted by Gasteiger charge is 2.41. The third kappa shape index (κ3) is 5.06. The Morgan fingerprint density at radius 3 is 2.62 bits per heavy atom. The van der Waals surface area contributed by atoms with Crippen LogP contribution in [0.1, 0.15) is 35.5 Å². The van der Waals surface area contributed by atoms with Crippen molar-refractivity contribution in [2.24, 2.45) is 0 Å². The number of benzene rings is 2. The van der Waals surface area contributed by atoms with Gasteiger partial charge in [0.05, 0.1) is 30.6 Å². The minimum atomic E-state index is -0.187. The van der Waals surface area contributed by atoms with Gasteiger partial charge in [-0.25, -0.2) is 0 Å². The summed E-state index contributed by atoms with van der Waals surface area (Å²) in [6.45, 7) is 2.43. The van der Waals surface area contributed by atoms with Crippen LogP contribution in [0.2, 0.25) is 0 Å². The van der Waals surface area contributed by atoms with Crippen molar-refractivity contribution < 1.29 is 9.53 Å². The fourth-order valence-electron chi connectivity index (χ4n) is 4.80. The summed E-state index contributed by atoms with van der Waals surface area (Å²) in [4.78, 5) is 19.6. The van der Waals surface area contributed by atoms with Crippen LogP contribution in [0.4, 0.5) is 5.69 Å². The molecule has 2 aromatic carbocycles. The summed E-state index contributed by atoms with van der Waals surface area (Å²) in [5.41, 5.74) is 4.68. The molecule has 2 N–H and O–H groups in total. The van der Waals surface area contributed by atoms with E-state index in [1.165, 1.54) is 0 Å². The topological polar surface area (TPSA) is 71.4 Å². The number of ether oxygens (including phenoxy) is 1. The second kappa shape index (κ2) is 10.8. The summed E-state index contributed by atoms with van der Waals surface area (Å²) >= 11 is 5.80. The summed E-state index contributed by atoms with van der Waals surface area (Å²) in [6.07, 6.45) is 4.10. The molecule has 0 spiro atoms. The highest BCUT2D eigenvalue weighted by molar-refractivity contribution is 7.80. The van der Waals surface area contributed by atoms with E-state index in [2.05, 4.69) is 31.2 Å². The Kier molecular flexibility index (Phi) is 7.18. The average Bonchev–Trinajstić information content (AvgIpc) is 3.53. The summed E-state index contributed by atoms with van der Waals surface area (Å²) in [7, 11) is 1.67. The normalized spacial score (nSPS) is 16.9. The number of anilines is 1. The minimum absolute atomic E-state index is 0.0581. The first-order chi connectivity index (χ1) is 18.1. The minimum Gasteiger partial charge on any atom is -0.495 e. The Hall–Kier alpha value is -4.17. The predicted octanol–water partition coefficient (Wildman–Crippen LogP) is 5.19. The number of thiocarbonyl (C=S) groups is 1. The number of nitrogens with zero attached hydrogens (tertiary/aromatic N) is 3. The van der Waals surface area contributed by atoms with Gasteiger partial charge in [-0.3, -0.25) is 9.78 Å². The molecule has 37 heavy (non-hydrogen) atoms. The lowest BCUT2D eigenvalue weighted by molar-refractivity contribution is -0.116. The van der Waals surface area contributed by atoms with Gasteiger partial charge in [-0.05, 0) is 67.2 Å². The molecule has 188 valence electrons. The van der Waals surface area contributed by atoms with E-state index in [9.17, 15) is 4.79 Å². The van der Waals surface area contributed by atoms with Gasteiger partial charge >= 0.3 is 0 Å². The molecule has 0 saturated carbocycles. The fourth-order valence-corrected chi connectivity index (χ4v) is 5.13. The van der Waals surface area contributed by atoms with Crippen molar-refractivity contribution in [1.29, 1.82) is 0 Å². The van der Waals surface area contributed by atoms with E-state index in [0.717, 1.165) is 34.1 Å². The molecule has 8 heteroatoms. The molecule has 1 aliphatic rings. The van der Waals surface area contributed by atoms with E-state index in [0.29, 0.717) is 11.7 Å². The van der Waals surface area contributed by atoms with Gasteiger partial charge < -0.3 is 24.8 Å². The van der Waals surface area contributed by atoms with Gasteiger partial charge in [0, 0.05) is 36.7 Å². The molecule has 5 rings (SSSR count). The molecule has 0 aliphatic carbocycles. The summed E-state index contributed by atoms with van der Waals surface area (Å²) < 4.78 is 7.77. The summed E-state index contributed by atoms with van der Waals surface area (Å²) in [5.74, 6) is 0.712. The molecular formula is C29H29N5O2S. The first-order valence-corrected chi connectivity index (χ1v) is 12.6. The number of rotatable bonds is 8. The largest absolute Gasteiger partial charge is 0.495 e. The number of aromatic nitrogens is 2. The van der Waals surface area contributed by atoms with Gasteiger partial charge in [-0.2, -0.15) is 0 Å². The van der Waals surface area contributed by atoms with Crippen molar-refractivity contribution in [3.05, 3.63) is 108 Å². The van der Waals surface area contributed by atoms with Gasteiger partial charge in [-0.15, -0.1) is 0 Å². The molecule has 7 nitrogen and oxygen atoms in total. The number of hydrogen-bond acceptors (Lipinski definition) is 4. The molecule has 0 unspecified atom stereocenters. The van der Waals surface area contributed by atoms with Gasteiger partial charge in [0.25, 0.3) is 0 Å². The zero-order chi connectivity index (χ0) is 25.8. The van der Waals surface area contributed by atoms with Crippen LogP contribution >= 0.6 is 12.2 Å². The number of hydrogen-bond donors (Lipinski definition) is 2. The summed E-state index contributed by atoms with van der Waals surface area (Å²) in [5, 5.41) is 7.09. The van der Waals surface area contributed by atoms with E-state index in [4.69, 9.17) is 17.0 Å². The number of methoxy groups -OCH3 is 1. The number of nitrogens with one attached hydrogen (secondary N) is 2. The van der Waals surface area contributed by atoms with Gasteiger partial charge in [0.1, 0.15) is 5.75 Å². The number of para-hydroxylation sites is 3. The van der Waals surface area contributed by atoms with Crippen molar-refractivity contribution in [1.82, 2.24) is 19.8 Å². The lowest BCUT2D eigenvalue weighted by Gasteiger charge is -2.29. The van der Waals surface area contributed by atoms with Crippen LogP contribution in [0.5, 0.6) is 5.75 Å². The first kappa shape index (κ1) is 24.5. The number of pyridine rings is 1. The highest BCUT2D eigenvalue weighted by atomic mass is 32.1. The van der Waals surface area contributed by atoms with Gasteiger partial charge in [0.2, 0.25) is 5.91 Å². The predicted molar refractivity (Wildman–Crippen MR) is 149 cm³/mol. The Balaban J connectivity index is 1.47. The van der Waals surface area contributed by atoms with E-state index < -0.39 is 0 Å². The van der Waals surface area contributed by atoms with Crippen molar-refractivity contribution in [2.75, 3.05) is 19.0 Å². The molecule has 1 fully saturated rings. The maximum absolute atomic E-state index is 12.9. The second-order valence-electron chi connectivity index (χ2n) is 8.91. The molecule has 4 aromatic rings. The van der Waals surface area contributed by atoms with E-state index in [-0.39, 0.29) is 24.4 Å². The molecule has 1 amide bonds. The van der Waals surface area contributed by atoms with Crippen LogP contribution in [0.25, 0.3) is 5.69 Å². The van der Waals surface area contributed by atoms with Crippen LogP contribution < -0.4 is 15.4 Å². The van der Waals surface area contributed by atoms with Gasteiger partial charge in [-0.1, -0.05) is 36.4 Å². The monoisotopic (exact) mass is 511 g/mol. The maximum atomic E-state index is 12.9. The number of aryl methyl sites for hydroxylation is 1. The van der Waals surface area contributed by atoms with Gasteiger partial charge in [0.15, 0.2) is 5.11 Å². The van der Waals surface area contributed by atoms with Crippen molar-refractivity contribution >= 4 is 28.9 Å². The number of amides is 1. The van der Waals surface area contributed by atoms with Crippen LogP contribution in [0, 0.1) is 6.92 Å². The molecule has 1 saturated heterocycles. The standard InChI is InChI=1S/C29H29N5O2S/c1-20-10-3-4-11-21(20)31-26(35)16-19-34-28(27(32-29(34)37)22-12-7-8-17-30-22)24-14-9-18-33(24)23-13-5-6-15-25(23)36-2/h3-15,17-18,27-28H,16,19H2,1-2H3,(H,31,35)(H,32,37)/t27-,28-/m1/s1. The molecule has 2 atom stereocenters. The SMILES string of the molecule is COc1ccccc1-n1cccc1[C@@H]1[C@@H](c2ccccn2)NC(=S)N1CCC(=O)Nc1ccccc1C. The molecule has 1 aliphatic heterocycles. The van der Waals surface area contributed by atoms with E-state index in [1.54, 1.807) is 13.3 Å². The van der Waals surface area contributed by atoms with Crippen LogP contribution in [-0.4, -0.2) is 39.1 Å². The molecule has 3 heterocycles. The molecular weight excluding hydrogens is 482 g/mol. The second-order valence-corrected chi connectivity index (χ2v) is 9.29. The maximum Gasteiger partial charge on any atom is 0.226 e. The highest BCUT2D eigenvalue weighted by Crippen LogP contribution is 2.40. The van der Waals surface area contributed by atoms with Crippen molar-refractivity contribution in [3.63, 3.8) is 0 Å². The lowest BCUT2D eigenvalue weighted by Crippen LogP contribution is -2.33. The quantitative estimate of drug-likeness (QED) is 0.317. The zero-order valence-corrected chi connectivity index (χ0v) is 21.6. The van der Waals surface area contributed by atoms with Crippen LogP contribution in [0.15, 0.2) is 91.3 Å². The van der Waals surface area contributed by atoms with Crippen LogP contribution in [0.3, 0.4) is 0 Å². The zero-order valence-electron chi connectivity index (χ0n) is 20.8. The number of carbonyl (C=O) groups excluding carboxylic acids is 1. The molecule has 2 aromatic heterocycles. The fraction of sp³-hybridized carbons (Fsp3) is 0.207. The van der Waals surface area contributed by atoms with Crippen molar-refractivity contribution in [2.45, 2.75) is 25.4 Å². The number of carbonyl (C=O) groups is 1. The van der Waals surface area contributed by atoms with Crippen LogP contribution in [-0.2, 0) is 4.79 Å². The Bertz CT molecular complexity index is 1400. The summed E-state index contributed by atoms with van der Waals surface area (Å²) in [6, 6.07) is 25.3. The first-order valence-electron chi connectivity index (χ1n) is 12.2. The Labute approximate surface area is 222 Å². The lowest BCUT2D eigenvalue weighted by atomic mass is 10.0. The average molecular weight is 512 g/mol. The van der Waals surface area contributed by atoms with E-state index in [1.807, 2.05) is 85.9 Å².